The monoisotopic (exact) mass is 312 g/mol. The molecule has 0 aliphatic carbocycles. The van der Waals surface area contributed by atoms with Crippen LogP contribution >= 0.6 is 0 Å². The van der Waals surface area contributed by atoms with Gasteiger partial charge >= 0.3 is 0 Å². The third kappa shape index (κ3) is 7.50. The molecule has 0 aromatic rings. The molecule has 0 amide bonds. The van der Waals surface area contributed by atoms with Crippen LogP contribution in [0.5, 0.6) is 0 Å². The molecule has 3 heteroatoms. The summed E-state index contributed by atoms with van der Waals surface area (Å²) >= 11 is 0. The molecular formula is C20H28N2O. The fourth-order valence-electron chi connectivity index (χ4n) is 1.86. The van der Waals surface area contributed by atoms with Crippen molar-refractivity contribution >= 4 is 6.21 Å². The number of likely N-dealkylation sites (N-methyl/N-ethyl adjacent to an activating group) is 1. The van der Waals surface area contributed by atoms with Gasteiger partial charge in [0.1, 0.15) is 5.76 Å². The first-order chi connectivity index (χ1) is 10.9. The van der Waals surface area contributed by atoms with E-state index >= 15 is 0 Å². The SMILES string of the molecule is C=C(C)C=CC(C)\C=C/C=C\C=N\CC1=CC(C)=C(C)ON1C. The minimum absolute atomic E-state index is 0.393. The molecule has 0 aromatic heterocycles. The van der Waals surface area contributed by atoms with Crippen molar-refractivity contribution in [1.82, 2.24) is 5.06 Å². The maximum Gasteiger partial charge on any atom is 0.132 e. The summed E-state index contributed by atoms with van der Waals surface area (Å²) in [4.78, 5) is 10.00. The van der Waals surface area contributed by atoms with Crippen LogP contribution < -0.4 is 0 Å². The van der Waals surface area contributed by atoms with Gasteiger partial charge in [0.05, 0.1) is 12.2 Å². The van der Waals surface area contributed by atoms with Crippen LogP contribution in [0.3, 0.4) is 0 Å². The first-order valence-corrected chi connectivity index (χ1v) is 7.87. The van der Waals surface area contributed by atoms with E-state index in [1.54, 1.807) is 5.06 Å². The van der Waals surface area contributed by atoms with Crippen molar-refractivity contribution in [2.24, 2.45) is 10.9 Å². The first kappa shape index (κ1) is 18.8. The topological polar surface area (TPSA) is 24.8 Å². The molecule has 0 fully saturated rings. The highest BCUT2D eigenvalue weighted by molar-refractivity contribution is 5.71. The Labute approximate surface area is 140 Å². The van der Waals surface area contributed by atoms with Gasteiger partial charge in [-0.25, -0.2) is 5.06 Å². The zero-order chi connectivity index (χ0) is 17.2. The first-order valence-electron chi connectivity index (χ1n) is 7.87. The molecule has 0 N–H and O–H groups in total. The van der Waals surface area contributed by atoms with Crippen LogP contribution in [-0.2, 0) is 4.84 Å². The van der Waals surface area contributed by atoms with E-state index in [-0.39, 0.29) is 0 Å². The largest absolute Gasteiger partial charge is 0.385 e. The second-order valence-corrected chi connectivity index (χ2v) is 5.79. The van der Waals surface area contributed by atoms with E-state index in [0.29, 0.717) is 12.5 Å². The van der Waals surface area contributed by atoms with Gasteiger partial charge in [0.2, 0.25) is 0 Å². The zero-order valence-electron chi connectivity index (χ0n) is 14.9. The van der Waals surface area contributed by atoms with E-state index < -0.39 is 0 Å². The van der Waals surface area contributed by atoms with Gasteiger partial charge in [0, 0.05) is 13.3 Å². The number of rotatable bonds is 7. The standard InChI is InChI=1S/C20H28N2O/c1-16(2)11-12-17(3)10-8-7-9-13-21-15-20-14-18(4)19(5)23-22(20)6/h7-14,17H,1,15H2,2-6H3/b9-7-,10-8-,12-11?,21-13+. The van der Waals surface area contributed by atoms with Gasteiger partial charge in [0.25, 0.3) is 0 Å². The van der Waals surface area contributed by atoms with Crippen molar-refractivity contribution in [3.8, 4) is 0 Å². The van der Waals surface area contributed by atoms with Crippen LogP contribution in [0.2, 0.25) is 0 Å². The van der Waals surface area contributed by atoms with Crippen LogP contribution in [0.15, 0.2) is 76.7 Å². The van der Waals surface area contributed by atoms with Gasteiger partial charge in [-0.15, -0.1) is 0 Å². The molecule has 0 radical (unpaired) electrons. The Kier molecular flexibility index (Phi) is 7.89. The number of allylic oxidation sites excluding steroid dienone is 10. The molecule has 1 unspecified atom stereocenters. The van der Waals surface area contributed by atoms with Gasteiger partial charge in [-0.2, -0.15) is 0 Å². The van der Waals surface area contributed by atoms with E-state index in [0.717, 1.165) is 22.6 Å². The highest BCUT2D eigenvalue weighted by atomic mass is 16.7. The van der Waals surface area contributed by atoms with E-state index in [9.17, 15) is 0 Å². The molecule has 1 atom stereocenters. The third-order valence-corrected chi connectivity index (χ3v) is 3.38. The Morgan fingerprint density at radius 1 is 1.30 bits per heavy atom. The summed E-state index contributed by atoms with van der Waals surface area (Å²) in [7, 11) is 1.90. The van der Waals surface area contributed by atoms with Crippen LogP contribution in [0.1, 0.15) is 27.7 Å². The lowest BCUT2D eigenvalue weighted by Crippen LogP contribution is -2.23. The highest BCUT2D eigenvalue weighted by Gasteiger charge is 2.12. The molecule has 1 aliphatic heterocycles. The van der Waals surface area contributed by atoms with Crippen molar-refractivity contribution < 1.29 is 4.84 Å². The fourth-order valence-corrected chi connectivity index (χ4v) is 1.86. The number of hydrogen-bond acceptors (Lipinski definition) is 3. The summed E-state index contributed by atoms with van der Waals surface area (Å²) in [6.45, 7) is 12.6. The minimum atomic E-state index is 0.393. The van der Waals surface area contributed by atoms with Crippen molar-refractivity contribution in [3.05, 3.63) is 71.7 Å². The second-order valence-electron chi connectivity index (χ2n) is 5.79. The summed E-state index contributed by atoms with van der Waals surface area (Å²) in [6.07, 6.45) is 16.2. The van der Waals surface area contributed by atoms with Gasteiger partial charge < -0.3 is 4.84 Å². The maximum absolute atomic E-state index is 5.60. The van der Waals surface area contributed by atoms with Gasteiger partial charge in [-0.05, 0) is 44.4 Å². The van der Waals surface area contributed by atoms with Crippen LogP contribution in [0, 0.1) is 5.92 Å². The Bertz CT molecular complexity index is 589. The van der Waals surface area contributed by atoms with Crippen molar-refractivity contribution in [2.45, 2.75) is 27.7 Å². The molecule has 124 valence electrons. The Hall–Kier alpha value is -2.29. The van der Waals surface area contributed by atoms with Gasteiger partial charge in [0.15, 0.2) is 0 Å². The van der Waals surface area contributed by atoms with E-state index in [4.69, 9.17) is 4.84 Å². The molecular weight excluding hydrogens is 284 g/mol. The summed E-state index contributed by atoms with van der Waals surface area (Å²) in [5.74, 6) is 1.32. The average molecular weight is 312 g/mol. The molecule has 23 heavy (non-hydrogen) atoms. The molecule has 0 saturated carbocycles. The molecule has 0 aromatic carbocycles. The third-order valence-electron chi connectivity index (χ3n) is 3.38. The van der Waals surface area contributed by atoms with E-state index in [2.05, 4.69) is 36.7 Å². The maximum atomic E-state index is 5.60. The van der Waals surface area contributed by atoms with Crippen LogP contribution in [-0.4, -0.2) is 24.9 Å². The predicted octanol–water partition coefficient (Wildman–Crippen LogP) is 4.99. The quantitative estimate of drug-likeness (QED) is 0.488. The van der Waals surface area contributed by atoms with E-state index in [1.807, 2.05) is 58.3 Å². The van der Waals surface area contributed by atoms with Gasteiger partial charge in [-0.3, -0.25) is 4.99 Å². The summed E-state index contributed by atoms with van der Waals surface area (Å²) in [5, 5.41) is 1.76. The summed E-state index contributed by atoms with van der Waals surface area (Å²) in [5.41, 5.74) is 3.26. The Balaban J connectivity index is 2.42. The number of aliphatic imine (C=N–C) groups is 1. The lowest BCUT2D eigenvalue weighted by Gasteiger charge is -2.26. The van der Waals surface area contributed by atoms with Crippen LogP contribution in [0.4, 0.5) is 0 Å². The average Bonchev–Trinajstić information content (AvgIpc) is 2.49. The molecule has 1 heterocycles. The molecule has 1 aliphatic rings. The van der Waals surface area contributed by atoms with Gasteiger partial charge in [-0.1, -0.05) is 49.5 Å². The second kappa shape index (κ2) is 9.67. The smallest absolute Gasteiger partial charge is 0.132 e. The summed E-state index contributed by atoms with van der Waals surface area (Å²) < 4.78 is 0. The summed E-state index contributed by atoms with van der Waals surface area (Å²) in [6, 6.07) is 0. The number of nitrogens with zero attached hydrogens (tertiary/aromatic N) is 2. The molecule has 0 saturated heterocycles. The normalized spacial score (nSPS) is 17.6. The molecule has 0 bridgehead atoms. The Morgan fingerprint density at radius 3 is 2.74 bits per heavy atom. The highest BCUT2D eigenvalue weighted by Crippen LogP contribution is 2.19. The molecule has 1 rings (SSSR count). The Morgan fingerprint density at radius 2 is 2.04 bits per heavy atom. The molecule has 0 spiro atoms. The van der Waals surface area contributed by atoms with Crippen molar-refractivity contribution in [3.63, 3.8) is 0 Å². The fraction of sp³-hybridized carbons (Fsp3) is 0.350. The minimum Gasteiger partial charge on any atom is -0.385 e. The van der Waals surface area contributed by atoms with Crippen molar-refractivity contribution in [1.29, 1.82) is 0 Å². The zero-order valence-corrected chi connectivity index (χ0v) is 14.9. The number of hydroxylamine groups is 2. The lowest BCUT2D eigenvalue weighted by atomic mass is 10.1. The van der Waals surface area contributed by atoms with Crippen LogP contribution in [0.25, 0.3) is 0 Å². The number of hydrogen-bond donors (Lipinski definition) is 0. The molecule has 3 nitrogen and oxygen atoms in total. The van der Waals surface area contributed by atoms with E-state index in [1.165, 1.54) is 0 Å². The van der Waals surface area contributed by atoms with Crippen molar-refractivity contribution in [2.75, 3.05) is 13.6 Å². The predicted molar refractivity (Wildman–Crippen MR) is 100 cm³/mol. The lowest BCUT2D eigenvalue weighted by molar-refractivity contribution is -0.0702.